The third-order valence-electron chi connectivity index (χ3n) is 6.26. The summed E-state index contributed by atoms with van der Waals surface area (Å²) in [7, 11) is 0. The van der Waals surface area contributed by atoms with E-state index in [0.717, 1.165) is 6.42 Å². The van der Waals surface area contributed by atoms with E-state index in [1.54, 1.807) is 10.6 Å². The van der Waals surface area contributed by atoms with Gasteiger partial charge in [0.1, 0.15) is 5.75 Å². The van der Waals surface area contributed by atoms with Crippen molar-refractivity contribution < 1.29 is 32.3 Å². The number of halogens is 3. The summed E-state index contributed by atoms with van der Waals surface area (Å²) in [5.41, 5.74) is -3.63. The first-order chi connectivity index (χ1) is 14.9. The summed E-state index contributed by atoms with van der Waals surface area (Å²) in [6.07, 6.45) is -3.37. The molecule has 2 N–H and O–H groups in total. The number of carbonyl (C=O) groups is 3. The second-order valence-corrected chi connectivity index (χ2v) is 8.83. The van der Waals surface area contributed by atoms with E-state index in [9.17, 15) is 27.6 Å². The quantitative estimate of drug-likeness (QED) is 0.661. The van der Waals surface area contributed by atoms with Crippen LogP contribution in [0.1, 0.15) is 57.3 Å². The second kappa shape index (κ2) is 8.63. The molecule has 0 unspecified atom stereocenters. The predicted molar refractivity (Wildman–Crippen MR) is 110 cm³/mol. The number of ether oxygens (including phenoxy) is 1. The van der Waals surface area contributed by atoms with E-state index >= 15 is 0 Å². The van der Waals surface area contributed by atoms with Crippen LogP contribution in [-0.2, 0) is 4.79 Å². The maximum absolute atomic E-state index is 14.1. The SMILES string of the molecule is CC(C)Oc1ccc(C(=O)N[C@]2(C(F)(F)F)NC(=O)N([C@@H]3CCC[C@@H](C)[C@H]3C)C2=O)cc1. The molecule has 1 aliphatic heterocycles. The first-order valence-corrected chi connectivity index (χ1v) is 10.7. The maximum atomic E-state index is 14.1. The number of imide groups is 1. The van der Waals surface area contributed by atoms with Crippen molar-refractivity contribution in [3.05, 3.63) is 29.8 Å². The summed E-state index contributed by atoms with van der Waals surface area (Å²) in [5, 5.41) is 3.49. The molecule has 4 atom stereocenters. The van der Waals surface area contributed by atoms with E-state index in [0.29, 0.717) is 23.5 Å². The molecule has 176 valence electrons. The van der Waals surface area contributed by atoms with Crippen LogP contribution in [0.5, 0.6) is 5.75 Å². The largest absolute Gasteiger partial charge is 0.491 e. The number of urea groups is 1. The van der Waals surface area contributed by atoms with Gasteiger partial charge in [0.25, 0.3) is 17.5 Å². The third kappa shape index (κ3) is 4.27. The average Bonchev–Trinajstić information content (AvgIpc) is 2.95. The number of rotatable bonds is 5. The van der Waals surface area contributed by atoms with Gasteiger partial charge in [0, 0.05) is 11.6 Å². The van der Waals surface area contributed by atoms with Gasteiger partial charge in [-0.2, -0.15) is 13.2 Å². The lowest BCUT2D eigenvalue weighted by atomic mass is 9.77. The molecular formula is C22H28F3N3O4. The van der Waals surface area contributed by atoms with E-state index in [4.69, 9.17) is 4.74 Å². The van der Waals surface area contributed by atoms with Gasteiger partial charge in [-0.15, -0.1) is 0 Å². The van der Waals surface area contributed by atoms with Crippen molar-refractivity contribution in [2.24, 2.45) is 11.8 Å². The lowest BCUT2D eigenvalue weighted by molar-refractivity contribution is -0.201. The summed E-state index contributed by atoms with van der Waals surface area (Å²) in [5.74, 6) is -2.21. The van der Waals surface area contributed by atoms with Gasteiger partial charge in [-0.25, -0.2) is 4.79 Å². The van der Waals surface area contributed by atoms with Crippen molar-refractivity contribution >= 4 is 17.8 Å². The highest BCUT2D eigenvalue weighted by Crippen LogP contribution is 2.39. The molecule has 0 radical (unpaired) electrons. The second-order valence-electron chi connectivity index (χ2n) is 8.83. The molecule has 0 spiro atoms. The summed E-state index contributed by atoms with van der Waals surface area (Å²) < 4.78 is 47.9. The molecule has 2 aliphatic rings. The number of hydrogen-bond acceptors (Lipinski definition) is 4. The Morgan fingerprint density at radius 2 is 1.81 bits per heavy atom. The smallest absolute Gasteiger partial charge is 0.440 e. The fourth-order valence-electron chi connectivity index (χ4n) is 4.31. The van der Waals surface area contributed by atoms with Crippen molar-refractivity contribution in [1.82, 2.24) is 15.5 Å². The fourth-order valence-corrected chi connectivity index (χ4v) is 4.31. The minimum absolute atomic E-state index is 0.107. The molecule has 1 saturated carbocycles. The first kappa shape index (κ1) is 23.9. The van der Waals surface area contributed by atoms with Crippen molar-refractivity contribution in [1.29, 1.82) is 0 Å². The number of hydrogen-bond donors (Lipinski definition) is 2. The Hall–Kier alpha value is -2.78. The summed E-state index contributed by atoms with van der Waals surface area (Å²) in [4.78, 5) is 39.0. The van der Waals surface area contributed by atoms with Crippen LogP contribution in [0.15, 0.2) is 24.3 Å². The van der Waals surface area contributed by atoms with Crippen LogP contribution in [0, 0.1) is 11.8 Å². The monoisotopic (exact) mass is 455 g/mol. The molecule has 1 aliphatic carbocycles. The van der Waals surface area contributed by atoms with Crippen LogP contribution >= 0.6 is 0 Å². The summed E-state index contributed by atoms with van der Waals surface area (Å²) >= 11 is 0. The van der Waals surface area contributed by atoms with Gasteiger partial charge < -0.3 is 10.1 Å². The van der Waals surface area contributed by atoms with E-state index in [1.165, 1.54) is 24.3 Å². The number of amides is 4. The molecule has 3 rings (SSSR count). The average molecular weight is 455 g/mol. The topological polar surface area (TPSA) is 87.7 Å². The molecule has 0 bridgehead atoms. The normalized spacial score (nSPS) is 28.6. The van der Waals surface area contributed by atoms with Crippen molar-refractivity contribution in [3.8, 4) is 5.75 Å². The molecule has 10 heteroatoms. The zero-order chi connectivity index (χ0) is 23.8. The number of nitrogens with zero attached hydrogens (tertiary/aromatic N) is 1. The lowest BCUT2D eigenvalue weighted by Crippen LogP contribution is -2.69. The number of benzene rings is 1. The van der Waals surface area contributed by atoms with Crippen LogP contribution < -0.4 is 15.4 Å². The van der Waals surface area contributed by atoms with Gasteiger partial charge in [-0.1, -0.05) is 26.7 Å². The molecule has 4 amide bonds. The molecule has 0 aromatic heterocycles. The lowest BCUT2D eigenvalue weighted by Gasteiger charge is -2.38. The predicted octanol–water partition coefficient (Wildman–Crippen LogP) is 3.84. The maximum Gasteiger partial charge on any atom is 0.440 e. The Morgan fingerprint density at radius 3 is 2.38 bits per heavy atom. The van der Waals surface area contributed by atoms with Crippen LogP contribution in [0.4, 0.5) is 18.0 Å². The van der Waals surface area contributed by atoms with Gasteiger partial charge >= 0.3 is 12.2 Å². The molecule has 7 nitrogen and oxygen atoms in total. The molecule has 32 heavy (non-hydrogen) atoms. The molecule has 1 heterocycles. The zero-order valence-electron chi connectivity index (χ0n) is 18.5. The summed E-state index contributed by atoms with van der Waals surface area (Å²) in [6, 6.07) is 3.66. The Morgan fingerprint density at radius 1 is 1.19 bits per heavy atom. The van der Waals surface area contributed by atoms with Crippen LogP contribution in [0.25, 0.3) is 0 Å². The minimum atomic E-state index is -5.24. The number of alkyl halides is 3. The van der Waals surface area contributed by atoms with Gasteiger partial charge in [-0.05, 0) is 56.4 Å². The molecule has 1 aromatic carbocycles. The number of nitrogens with one attached hydrogen (secondary N) is 2. The highest BCUT2D eigenvalue weighted by molar-refractivity contribution is 6.10. The van der Waals surface area contributed by atoms with Gasteiger partial charge in [-0.3, -0.25) is 19.8 Å². The first-order valence-electron chi connectivity index (χ1n) is 10.7. The van der Waals surface area contributed by atoms with E-state index < -0.39 is 35.7 Å². The fraction of sp³-hybridized carbons (Fsp3) is 0.591. The van der Waals surface area contributed by atoms with Crippen LogP contribution in [0.2, 0.25) is 0 Å². The van der Waals surface area contributed by atoms with Crippen LogP contribution in [0.3, 0.4) is 0 Å². The van der Waals surface area contributed by atoms with E-state index in [-0.39, 0.29) is 23.5 Å². The number of carbonyl (C=O) groups excluding carboxylic acids is 3. The van der Waals surface area contributed by atoms with E-state index in [2.05, 4.69) is 0 Å². The van der Waals surface area contributed by atoms with Crippen molar-refractivity contribution in [3.63, 3.8) is 0 Å². The summed E-state index contributed by atoms with van der Waals surface area (Å²) in [6.45, 7) is 7.38. The molecular weight excluding hydrogens is 427 g/mol. The Labute approximate surface area is 184 Å². The van der Waals surface area contributed by atoms with Gasteiger partial charge in [0.2, 0.25) is 0 Å². The van der Waals surface area contributed by atoms with E-state index in [1.807, 2.05) is 27.7 Å². The minimum Gasteiger partial charge on any atom is -0.491 e. The van der Waals surface area contributed by atoms with Crippen molar-refractivity contribution in [2.45, 2.75) is 70.9 Å². The Balaban J connectivity index is 1.88. The highest BCUT2D eigenvalue weighted by Gasteiger charge is 2.69. The Kier molecular flexibility index (Phi) is 6.44. The molecule has 1 saturated heterocycles. The van der Waals surface area contributed by atoms with Crippen molar-refractivity contribution in [2.75, 3.05) is 0 Å². The van der Waals surface area contributed by atoms with Gasteiger partial charge in [0.15, 0.2) is 0 Å². The highest BCUT2D eigenvalue weighted by atomic mass is 19.4. The standard InChI is InChI=1S/C22H28F3N3O4/c1-12(2)32-16-10-8-15(9-11-16)18(29)26-21(22(23,24)25)19(30)28(20(31)27-21)17-7-5-6-13(3)14(17)4/h8-14,17H,5-7H2,1-4H3,(H,26,29)(H,27,31)/t13-,14-,17-,21+/m1/s1. The van der Waals surface area contributed by atoms with Crippen LogP contribution in [-0.4, -0.2) is 46.7 Å². The molecule has 1 aromatic rings. The zero-order valence-corrected chi connectivity index (χ0v) is 18.5. The third-order valence-corrected chi connectivity index (χ3v) is 6.26. The van der Waals surface area contributed by atoms with Gasteiger partial charge in [0.05, 0.1) is 6.10 Å². The Bertz CT molecular complexity index is 887. The molecule has 2 fully saturated rings.